The van der Waals surface area contributed by atoms with Crippen molar-refractivity contribution in [2.45, 2.75) is 128 Å². The van der Waals surface area contributed by atoms with Crippen LogP contribution >= 0.6 is 11.6 Å². The van der Waals surface area contributed by atoms with Gasteiger partial charge in [0.25, 0.3) is 0 Å². The molecule has 0 aromatic heterocycles. The molecule has 3 N–H and O–H groups in total. The Morgan fingerprint density at radius 1 is 1.02 bits per heavy atom. The molecule has 0 saturated heterocycles. The molecule has 4 aliphatic rings. The number of nitrogens with two attached hydrogens (primary N) is 1. The van der Waals surface area contributed by atoms with Crippen LogP contribution < -0.4 is 10.5 Å². The number of benzene rings is 1. The number of carbonyl (C=O) groups is 5. The Morgan fingerprint density at radius 3 is 2.41 bits per heavy atom. The highest BCUT2D eigenvalue weighted by molar-refractivity contribution is 6.26. The number of rotatable bonds is 15. The molecule has 0 spiro atoms. The SMILES string of the molecule is CCCCCOC(=O)C(N)Cc1ccc(OC(=O)OCC(=O)C2(OC(=O)CCCC)C(C)CC3C4CCC5=CC(=O)C=CC5(C)C4(Cl)C(O)CC32C)cc1. The van der Waals surface area contributed by atoms with Gasteiger partial charge in [-0.25, -0.2) is 4.79 Å². The Kier molecular flexibility index (Phi) is 12.9. The molecule has 296 valence electrons. The summed E-state index contributed by atoms with van der Waals surface area (Å²) >= 11 is 7.61. The summed E-state index contributed by atoms with van der Waals surface area (Å²) in [5.41, 5.74) is 4.09. The van der Waals surface area contributed by atoms with Crippen LogP contribution in [-0.4, -0.2) is 70.6 Å². The van der Waals surface area contributed by atoms with Gasteiger partial charge in [0.15, 0.2) is 18.0 Å². The van der Waals surface area contributed by atoms with E-state index in [4.69, 9.17) is 36.3 Å². The van der Waals surface area contributed by atoms with E-state index < -0.39 is 69.9 Å². The quantitative estimate of drug-likeness (QED) is 0.0638. The van der Waals surface area contributed by atoms with Crippen LogP contribution in [0.1, 0.15) is 104 Å². The van der Waals surface area contributed by atoms with Crippen LogP contribution in [0.25, 0.3) is 0 Å². The molecule has 0 amide bonds. The van der Waals surface area contributed by atoms with Crippen molar-refractivity contribution in [3.05, 3.63) is 53.6 Å². The fourth-order valence-electron chi connectivity index (χ4n) is 9.97. The van der Waals surface area contributed by atoms with Crippen molar-refractivity contribution < 1.29 is 48.0 Å². The highest BCUT2D eigenvalue weighted by atomic mass is 35.5. The van der Waals surface area contributed by atoms with E-state index in [-0.39, 0.29) is 42.6 Å². The van der Waals surface area contributed by atoms with Crippen molar-refractivity contribution in [3.63, 3.8) is 0 Å². The van der Waals surface area contributed by atoms with Crippen LogP contribution in [0.15, 0.2) is 48.1 Å². The zero-order valence-electron chi connectivity index (χ0n) is 32.2. The smallest absolute Gasteiger partial charge is 0.465 e. The molecular weight excluding hydrogens is 714 g/mol. The molecule has 5 rings (SSSR count). The van der Waals surface area contributed by atoms with E-state index in [1.165, 1.54) is 18.2 Å². The first-order valence-corrected chi connectivity index (χ1v) is 19.9. The third-order valence-electron chi connectivity index (χ3n) is 12.8. The molecule has 54 heavy (non-hydrogen) atoms. The van der Waals surface area contributed by atoms with Crippen LogP contribution in [0.5, 0.6) is 5.75 Å². The first-order valence-electron chi connectivity index (χ1n) is 19.5. The molecule has 0 aliphatic heterocycles. The van der Waals surface area contributed by atoms with Gasteiger partial charge in [0.05, 0.1) is 17.6 Å². The summed E-state index contributed by atoms with van der Waals surface area (Å²) in [5, 5.41) is 12.1. The molecule has 12 heteroatoms. The zero-order valence-corrected chi connectivity index (χ0v) is 33.0. The number of halogens is 1. The number of ether oxygens (including phenoxy) is 4. The molecule has 4 aliphatic carbocycles. The summed E-state index contributed by atoms with van der Waals surface area (Å²) in [6.45, 7) is 9.34. The maximum atomic E-state index is 14.5. The summed E-state index contributed by atoms with van der Waals surface area (Å²) in [7, 11) is 0. The summed E-state index contributed by atoms with van der Waals surface area (Å²) in [6.07, 6.45) is 8.86. The van der Waals surface area contributed by atoms with Crippen LogP contribution in [0.2, 0.25) is 0 Å². The number of carbonyl (C=O) groups excluding carboxylic acids is 5. The minimum atomic E-state index is -1.71. The lowest BCUT2D eigenvalue weighted by Gasteiger charge is -2.64. The fourth-order valence-corrected chi connectivity index (χ4v) is 10.5. The Labute approximate surface area is 323 Å². The van der Waals surface area contributed by atoms with Crippen LogP contribution in [0.3, 0.4) is 0 Å². The Morgan fingerprint density at radius 2 is 1.72 bits per heavy atom. The van der Waals surface area contributed by atoms with Gasteiger partial charge in [-0.2, -0.15) is 0 Å². The largest absolute Gasteiger partial charge is 0.514 e. The van der Waals surface area contributed by atoms with Gasteiger partial charge in [-0.05, 0) is 86.6 Å². The van der Waals surface area contributed by atoms with E-state index in [9.17, 15) is 29.1 Å². The van der Waals surface area contributed by atoms with Gasteiger partial charge in [-0.15, -0.1) is 11.6 Å². The van der Waals surface area contributed by atoms with E-state index in [0.29, 0.717) is 32.3 Å². The monoisotopic (exact) mass is 769 g/mol. The van der Waals surface area contributed by atoms with Gasteiger partial charge in [0, 0.05) is 23.2 Å². The van der Waals surface area contributed by atoms with E-state index in [2.05, 4.69) is 6.92 Å². The highest BCUT2D eigenvalue weighted by Crippen LogP contribution is 2.72. The number of aliphatic hydroxyl groups excluding tert-OH is 1. The molecule has 9 unspecified atom stereocenters. The number of unbranched alkanes of at least 4 members (excludes halogenated alkanes) is 3. The third kappa shape index (κ3) is 7.52. The van der Waals surface area contributed by atoms with Gasteiger partial charge in [-0.1, -0.05) is 77.7 Å². The number of esters is 2. The summed E-state index contributed by atoms with van der Waals surface area (Å²) in [6, 6.07) is 5.56. The van der Waals surface area contributed by atoms with Gasteiger partial charge in [0.1, 0.15) is 11.8 Å². The molecular formula is C42H56ClNO10. The van der Waals surface area contributed by atoms with Crippen molar-refractivity contribution in [2.75, 3.05) is 13.2 Å². The maximum absolute atomic E-state index is 14.5. The lowest BCUT2D eigenvalue weighted by molar-refractivity contribution is -0.203. The van der Waals surface area contributed by atoms with Crippen molar-refractivity contribution in [3.8, 4) is 5.75 Å². The van der Waals surface area contributed by atoms with Gasteiger partial charge in [-0.3, -0.25) is 19.2 Å². The number of aliphatic hydroxyl groups is 1. The number of fused-ring (bicyclic) bond motifs is 5. The maximum Gasteiger partial charge on any atom is 0.514 e. The van der Waals surface area contributed by atoms with Crippen molar-refractivity contribution >= 4 is 41.3 Å². The lowest BCUT2D eigenvalue weighted by Crippen LogP contribution is -2.69. The molecule has 11 nitrogen and oxygen atoms in total. The van der Waals surface area contributed by atoms with Crippen molar-refractivity contribution in [2.24, 2.45) is 34.3 Å². The van der Waals surface area contributed by atoms with Crippen molar-refractivity contribution in [1.82, 2.24) is 0 Å². The normalized spacial score (nSPS) is 33.0. The van der Waals surface area contributed by atoms with E-state index in [1.807, 2.05) is 33.8 Å². The first kappa shape index (κ1) is 41.6. The molecule has 0 radical (unpaired) electrons. The fraction of sp³-hybridized carbons (Fsp3) is 0.643. The topological polar surface area (TPSA) is 169 Å². The van der Waals surface area contributed by atoms with E-state index in [1.54, 1.807) is 18.2 Å². The molecule has 1 aromatic rings. The molecule has 3 fully saturated rings. The average molecular weight is 770 g/mol. The predicted octanol–water partition coefficient (Wildman–Crippen LogP) is 6.73. The second kappa shape index (κ2) is 16.7. The van der Waals surface area contributed by atoms with E-state index in [0.717, 1.165) is 36.8 Å². The predicted molar refractivity (Wildman–Crippen MR) is 202 cm³/mol. The second-order valence-electron chi connectivity index (χ2n) is 16.1. The second-order valence-corrected chi connectivity index (χ2v) is 16.7. The van der Waals surface area contributed by atoms with Crippen molar-refractivity contribution in [1.29, 1.82) is 0 Å². The van der Waals surface area contributed by atoms with Gasteiger partial charge >= 0.3 is 18.1 Å². The molecule has 0 heterocycles. The number of allylic oxidation sites excluding steroid dienone is 4. The molecule has 3 saturated carbocycles. The molecule has 0 bridgehead atoms. The standard InChI is InChI=1S/C42H56ClNO10/c1-6-8-10-20-51-37(49)33(44)22-27-12-15-30(16-13-27)53-38(50)52-25-35(47)42(54-36(48)11-9-7-2)26(3)21-32-31-17-14-28-23-29(45)18-19-39(28,4)41(31,43)34(46)24-40(32,42)5/h12-13,15-16,18-19,23,26,31-34,46H,6-11,14,17,20-22,24-25,44H2,1-5H3. The van der Waals surface area contributed by atoms with Crippen LogP contribution in [-0.2, 0) is 39.8 Å². The number of alkyl halides is 1. The Hall–Kier alpha value is -3.54. The van der Waals surface area contributed by atoms with Gasteiger partial charge in [0.2, 0.25) is 5.78 Å². The zero-order chi connectivity index (χ0) is 39.5. The van der Waals surface area contributed by atoms with Gasteiger partial charge < -0.3 is 29.8 Å². The Bertz CT molecular complexity index is 1660. The first-order chi connectivity index (χ1) is 25.6. The number of hydrogen-bond donors (Lipinski definition) is 2. The molecule has 9 atom stereocenters. The minimum Gasteiger partial charge on any atom is -0.465 e. The summed E-state index contributed by atoms with van der Waals surface area (Å²) in [4.78, 5) is 64.3. The molecule has 1 aromatic carbocycles. The lowest BCUT2D eigenvalue weighted by atomic mass is 9.45. The third-order valence-corrected chi connectivity index (χ3v) is 13.7. The number of hydrogen-bond acceptors (Lipinski definition) is 11. The number of Topliss-reactive ketones (excluding diaryl/α,β-unsaturated/α-hetero) is 1. The summed E-state index contributed by atoms with van der Waals surface area (Å²) < 4.78 is 22.3. The van der Waals surface area contributed by atoms with Crippen LogP contribution in [0.4, 0.5) is 4.79 Å². The Balaban J connectivity index is 1.31. The van der Waals surface area contributed by atoms with E-state index >= 15 is 0 Å². The highest BCUT2D eigenvalue weighted by Gasteiger charge is 2.76. The summed E-state index contributed by atoms with van der Waals surface area (Å²) in [5.74, 6) is -2.56. The number of ketones is 2. The minimum absolute atomic E-state index is 0.0521. The average Bonchev–Trinajstić information content (AvgIpc) is 3.35. The van der Waals surface area contributed by atoms with Crippen LogP contribution in [0, 0.1) is 28.6 Å².